The van der Waals surface area contributed by atoms with Gasteiger partial charge in [0.1, 0.15) is 42.1 Å². The molecule has 0 aliphatic rings. The number of furan rings is 1. The van der Waals surface area contributed by atoms with Crippen molar-refractivity contribution >= 4 is 27.7 Å². The Morgan fingerprint density at radius 2 is 1.84 bits per heavy atom. The molecule has 0 fully saturated rings. The standard InChI is InChI=1S/C25H19NO5/c1-28-19-9-6-17(7-10-19)25-26-18(15-30-25)14-29-24(27)13-20-12-22-21-5-3-2-4-16(21)8-11-23(22)31-20/h2-12,15H,13-14H2,1H3. The number of esters is 1. The maximum atomic E-state index is 12.3. The molecule has 31 heavy (non-hydrogen) atoms. The Kier molecular flexibility index (Phi) is 4.88. The van der Waals surface area contributed by atoms with Crippen molar-refractivity contribution in [2.24, 2.45) is 0 Å². The molecule has 0 bridgehead atoms. The van der Waals surface area contributed by atoms with Crippen LogP contribution in [0.25, 0.3) is 33.2 Å². The van der Waals surface area contributed by atoms with Crippen LogP contribution in [0.1, 0.15) is 11.5 Å². The molecule has 0 spiro atoms. The number of ether oxygens (including phenoxy) is 2. The average molecular weight is 413 g/mol. The number of hydrogen-bond acceptors (Lipinski definition) is 6. The first-order valence-corrected chi connectivity index (χ1v) is 9.84. The van der Waals surface area contributed by atoms with Gasteiger partial charge in [-0.3, -0.25) is 4.79 Å². The summed E-state index contributed by atoms with van der Waals surface area (Å²) in [7, 11) is 1.61. The summed E-state index contributed by atoms with van der Waals surface area (Å²) in [4.78, 5) is 16.7. The minimum Gasteiger partial charge on any atom is -0.497 e. The third-order valence-electron chi connectivity index (χ3n) is 5.07. The van der Waals surface area contributed by atoms with Gasteiger partial charge in [-0.2, -0.15) is 0 Å². The largest absolute Gasteiger partial charge is 0.497 e. The van der Waals surface area contributed by atoms with E-state index in [1.54, 1.807) is 7.11 Å². The highest BCUT2D eigenvalue weighted by Gasteiger charge is 2.14. The van der Waals surface area contributed by atoms with Crippen LogP contribution >= 0.6 is 0 Å². The van der Waals surface area contributed by atoms with Crippen molar-refractivity contribution in [1.82, 2.24) is 4.98 Å². The molecule has 0 saturated carbocycles. The van der Waals surface area contributed by atoms with E-state index in [1.165, 1.54) is 6.26 Å². The van der Waals surface area contributed by atoms with Gasteiger partial charge < -0.3 is 18.3 Å². The average Bonchev–Trinajstić information content (AvgIpc) is 3.44. The van der Waals surface area contributed by atoms with Crippen molar-refractivity contribution in [3.8, 4) is 17.2 Å². The van der Waals surface area contributed by atoms with Crippen LogP contribution in [-0.4, -0.2) is 18.1 Å². The highest BCUT2D eigenvalue weighted by Crippen LogP contribution is 2.28. The molecule has 3 aromatic carbocycles. The molecule has 0 aliphatic carbocycles. The maximum Gasteiger partial charge on any atom is 0.313 e. The number of rotatable bonds is 6. The van der Waals surface area contributed by atoms with E-state index in [-0.39, 0.29) is 13.0 Å². The van der Waals surface area contributed by atoms with E-state index in [9.17, 15) is 4.79 Å². The van der Waals surface area contributed by atoms with Gasteiger partial charge in [0.05, 0.1) is 7.11 Å². The minimum absolute atomic E-state index is 0.0294. The summed E-state index contributed by atoms with van der Waals surface area (Å²) in [5.74, 6) is 1.38. The van der Waals surface area contributed by atoms with Crippen LogP contribution < -0.4 is 4.74 Å². The van der Waals surface area contributed by atoms with Crippen LogP contribution in [0.4, 0.5) is 0 Å². The number of hydrogen-bond donors (Lipinski definition) is 0. The number of aromatic nitrogens is 1. The van der Waals surface area contributed by atoms with Gasteiger partial charge in [-0.1, -0.05) is 30.3 Å². The number of nitrogens with zero attached hydrogens (tertiary/aromatic N) is 1. The van der Waals surface area contributed by atoms with Gasteiger partial charge in [-0.15, -0.1) is 0 Å². The minimum atomic E-state index is -0.391. The molecule has 0 N–H and O–H groups in total. The van der Waals surface area contributed by atoms with Crippen molar-refractivity contribution in [2.75, 3.05) is 7.11 Å². The number of oxazole rings is 1. The Bertz CT molecular complexity index is 1360. The van der Waals surface area contributed by atoms with Crippen molar-refractivity contribution < 1.29 is 23.1 Å². The summed E-state index contributed by atoms with van der Waals surface area (Å²) < 4.78 is 21.8. The van der Waals surface area contributed by atoms with Gasteiger partial charge in [-0.25, -0.2) is 4.98 Å². The molecule has 0 saturated heterocycles. The van der Waals surface area contributed by atoms with Crippen molar-refractivity contribution in [3.63, 3.8) is 0 Å². The highest BCUT2D eigenvalue weighted by molar-refractivity contribution is 6.06. The molecule has 2 heterocycles. The van der Waals surface area contributed by atoms with E-state index in [0.29, 0.717) is 17.3 Å². The van der Waals surface area contributed by atoms with Gasteiger partial charge in [0.2, 0.25) is 5.89 Å². The smallest absolute Gasteiger partial charge is 0.313 e. The lowest BCUT2D eigenvalue weighted by molar-refractivity contribution is -0.144. The molecule has 5 aromatic rings. The zero-order valence-electron chi connectivity index (χ0n) is 16.8. The SMILES string of the molecule is COc1ccc(-c2nc(COC(=O)Cc3cc4c(ccc5ccccc54)o3)co2)cc1. The summed E-state index contributed by atoms with van der Waals surface area (Å²) in [6, 6.07) is 21.3. The van der Waals surface area contributed by atoms with Crippen LogP contribution in [0.2, 0.25) is 0 Å². The monoisotopic (exact) mass is 413 g/mol. The summed E-state index contributed by atoms with van der Waals surface area (Å²) in [5.41, 5.74) is 2.10. The van der Waals surface area contributed by atoms with Crippen molar-refractivity contribution in [1.29, 1.82) is 0 Å². The summed E-state index contributed by atoms with van der Waals surface area (Å²) in [6.45, 7) is 0.0294. The van der Waals surface area contributed by atoms with E-state index in [0.717, 1.165) is 33.1 Å². The number of carbonyl (C=O) groups excluding carboxylic acids is 1. The van der Waals surface area contributed by atoms with E-state index in [1.807, 2.05) is 66.7 Å². The maximum absolute atomic E-state index is 12.3. The predicted octanol–water partition coefficient (Wildman–Crippen LogP) is 5.54. The highest BCUT2D eigenvalue weighted by atomic mass is 16.5. The van der Waals surface area contributed by atoms with Crippen molar-refractivity contribution in [2.45, 2.75) is 13.0 Å². The second-order valence-electron chi connectivity index (χ2n) is 7.12. The molecule has 2 aromatic heterocycles. The number of methoxy groups -OCH3 is 1. The Morgan fingerprint density at radius 1 is 1.00 bits per heavy atom. The van der Waals surface area contributed by atoms with E-state index in [4.69, 9.17) is 18.3 Å². The summed E-state index contributed by atoms with van der Waals surface area (Å²) >= 11 is 0. The topological polar surface area (TPSA) is 74.7 Å². The van der Waals surface area contributed by atoms with Crippen LogP contribution in [0.15, 0.2) is 81.8 Å². The Balaban J connectivity index is 1.24. The molecular weight excluding hydrogens is 394 g/mol. The predicted molar refractivity (Wildman–Crippen MR) is 116 cm³/mol. The van der Waals surface area contributed by atoms with Crippen LogP contribution in [0, 0.1) is 0 Å². The first-order chi connectivity index (χ1) is 15.2. The normalized spacial score (nSPS) is 11.1. The third kappa shape index (κ3) is 3.88. The molecule has 0 atom stereocenters. The molecule has 154 valence electrons. The molecule has 0 amide bonds. The second-order valence-corrected chi connectivity index (χ2v) is 7.12. The fourth-order valence-corrected chi connectivity index (χ4v) is 3.52. The molecule has 5 rings (SSSR count). The van der Waals surface area contributed by atoms with Gasteiger partial charge in [0.15, 0.2) is 0 Å². The zero-order chi connectivity index (χ0) is 21.2. The fraction of sp³-hybridized carbons (Fsp3) is 0.120. The van der Waals surface area contributed by atoms with Crippen LogP contribution in [-0.2, 0) is 22.6 Å². The Labute approximate surface area is 178 Å². The lowest BCUT2D eigenvalue weighted by Gasteiger charge is -2.01. The molecular formula is C25H19NO5. The summed E-state index contributed by atoms with van der Waals surface area (Å²) in [6.07, 6.45) is 1.53. The molecule has 0 radical (unpaired) electrons. The molecule has 0 unspecified atom stereocenters. The number of benzene rings is 3. The Hall–Kier alpha value is -4.06. The van der Waals surface area contributed by atoms with Crippen LogP contribution in [0.5, 0.6) is 5.75 Å². The van der Waals surface area contributed by atoms with Gasteiger partial charge in [-0.05, 0) is 47.2 Å². The second kappa shape index (κ2) is 7.99. The first-order valence-electron chi connectivity index (χ1n) is 9.84. The van der Waals surface area contributed by atoms with E-state index < -0.39 is 5.97 Å². The molecule has 0 aliphatic heterocycles. The van der Waals surface area contributed by atoms with E-state index in [2.05, 4.69) is 4.98 Å². The van der Waals surface area contributed by atoms with Crippen LogP contribution in [0.3, 0.4) is 0 Å². The first kappa shape index (κ1) is 18.9. The number of fused-ring (bicyclic) bond motifs is 3. The number of carbonyl (C=O) groups is 1. The molecule has 6 nitrogen and oxygen atoms in total. The van der Waals surface area contributed by atoms with E-state index >= 15 is 0 Å². The quantitative estimate of drug-likeness (QED) is 0.341. The zero-order valence-corrected chi connectivity index (χ0v) is 16.8. The lowest BCUT2D eigenvalue weighted by Crippen LogP contribution is -2.07. The van der Waals surface area contributed by atoms with Gasteiger partial charge in [0.25, 0.3) is 0 Å². The Morgan fingerprint density at radius 3 is 2.68 bits per heavy atom. The fourth-order valence-electron chi connectivity index (χ4n) is 3.52. The van der Waals surface area contributed by atoms with Gasteiger partial charge >= 0.3 is 5.97 Å². The third-order valence-corrected chi connectivity index (χ3v) is 5.07. The molecule has 6 heteroatoms. The lowest BCUT2D eigenvalue weighted by atomic mass is 10.1. The summed E-state index contributed by atoms with van der Waals surface area (Å²) in [5, 5.41) is 3.21. The van der Waals surface area contributed by atoms with Gasteiger partial charge in [0, 0.05) is 10.9 Å². The van der Waals surface area contributed by atoms with Crippen molar-refractivity contribution in [3.05, 3.63) is 84.4 Å².